The number of fused-ring (bicyclic) bond motifs is 4. The van der Waals surface area contributed by atoms with E-state index < -0.39 is 0 Å². The first-order valence-corrected chi connectivity index (χ1v) is 15.0. The first kappa shape index (κ1) is 27.9. The van der Waals surface area contributed by atoms with Gasteiger partial charge < -0.3 is 0 Å². The molecule has 0 aliphatic heterocycles. The summed E-state index contributed by atoms with van der Waals surface area (Å²) >= 11 is 1.46. The van der Waals surface area contributed by atoms with Crippen LogP contribution in [0.2, 0.25) is 0 Å². The van der Waals surface area contributed by atoms with Crippen LogP contribution in [0.25, 0.3) is 32.3 Å². The molecule has 40 heavy (non-hydrogen) atoms. The molecule has 0 fully saturated rings. The number of hydrogen-bond donors (Lipinski definition) is 0. The second-order valence-corrected chi connectivity index (χ2v) is 11.8. The van der Waals surface area contributed by atoms with Gasteiger partial charge in [-0.1, -0.05) is 47.9 Å². The molecule has 194 valence electrons. The van der Waals surface area contributed by atoms with Crippen LogP contribution < -0.4 is 0 Å². The maximum atomic E-state index is 2.28. The predicted octanol–water partition coefficient (Wildman–Crippen LogP) is 10.3. The average Bonchev–Trinajstić information content (AvgIpc) is 3.51. The van der Waals surface area contributed by atoms with E-state index in [1.165, 1.54) is 93.1 Å². The van der Waals surface area contributed by atoms with Gasteiger partial charge in [0.05, 0.1) is 0 Å². The van der Waals surface area contributed by atoms with Gasteiger partial charge in [-0.25, -0.2) is 0 Å². The van der Waals surface area contributed by atoms with Crippen molar-refractivity contribution in [2.75, 3.05) is 0 Å². The molecule has 7 aromatic rings. The molecule has 0 saturated heterocycles. The van der Waals surface area contributed by atoms with Gasteiger partial charge in [-0.3, -0.25) is 0 Å². The van der Waals surface area contributed by atoms with Crippen molar-refractivity contribution in [1.29, 1.82) is 0 Å². The van der Waals surface area contributed by atoms with Crippen molar-refractivity contribution < 1.29 is 24.2 Å². The summed E-state index contributed by atoms with van der Waals surface area (Å²) in [7, 11) is 0. The third-order valence-electron chi connectivity index (χ3n) is 7.15. The van der Waals surface area contributed by atoms with E-state index in [4.69, 9.17) is 0 Å². The fraction of sp³-hybridized carbons (Fsp3) is 0.103. The van der Waals surface area contributed by atoms with Crippen molar-refractivity contribution in [3.8, 4) is 0 Å². The quantitative estimate of drug-likeness (QED) is 0.175. The van der Waals surface area contributed by atoms with Crippen molar-refractivity contribution >= 4 is 35.5 Å². The second-order valence-electron chi connectivity index (χ2n) is 10.6. The molecule has 0 aromatic heterocycles. The summed E-state index contributed by atoms with van der Waals surface area (Å²) in [6.07, 6.45) is 0. The van der Waals surface area contributed by atoms with Crippen LogP contribution in [0.4, 0.5) is 0 Å². The van der Waals surface area contributed by atoms with E-state index in [2.05, 4.69) is 161 Å². The van der Waals surface area contributed by atoms with Gasteiger partial charge in [-0.2, -0.15) is 6.07 Å². The minimum absolute atomic E-state index is 1.33. The molecular weight excluding hydrogens is 560 g/mol. The van der Waals surface area contributed by atoms with Crippen LogP contribution in [0.3, 0.4) is 0 Å². The Bertz CT molecular complexity index is 1780. The molecule has 0 aliphatic carbocycles. The van der Waals surface area contributed by atoms with Gasteiger partial charge in [0.15, 0.2) is 0 Å². The molecule has 0 nitrogen and oxygen atoms in total. The van der Waals surface area contributed by atoms with E-state index in [0.717, 1.165) is 0 Å². The van der Waals surface area contributed by atoms with E-state index >= 15 is 0 Å². The molecule has 0 saturated carbocycles. The molecule has 7 aromatic carbocycles. The van der Waals surface area contributed by atoms with E-state index in [1.54, 1.807) is 0 Å². The van der Waals surface area contributed by atoms with Gasteiger partial charge >= 0.3 is 99.2 Å². The Kier molecular flexibility index (Phi) is 8.83. The summed E-state index contributed by atoms with van der Waals surface area (Å²) in [4.78, 5) is 0. The van der Waals surface area contributed by atoms with Crippen LogP contribution in [0.5, 0.6) is 0 Å². The maximum absolute atomic E-state index is 2.28. The normalized spacial score (nSPS) is 10.7. The zero-order chi connectivity index (χ0) is 28.1. The Hall–Kier alpha value is -3.67. The Morgan fingerprint density at radius 3 is 1.48 bits per heavy atom. The summed E-state index contributed by atoms with van der Waals surface area (Å²) in [6, 6.07) is 47.7. The Morgan fingerprint density at radius 1 is 0.475 bits per heavy atom. The van der Waals surface area contributed by atoms with E-state index in [-0.39, 0.29) is 0 Å². The fourth-order valence-corrected chi connectivity index (χ4v) is 5.94. The molecule has 0 unspecified atom stereocenters. The van der Waals surface area contributed by atoms with Gasteiger partial charge in [0, 0.05) is 0 Å². The van der Waals surface area contributed by atoms with Crippen LogP contribution in [0, 0.1) is 27.7 Å². The first-order chi connectivity index (χ1) is 19.4. The number of aryl methyl sites for hydroxylation is 4. The third kappa shape index (κ3) is 6.72. The van der Waals surface area contributed by atoms with Gasteiger partial charge in [0.2, 0.25) is 0 Å². The Balaban J connectivity index is 0.000000123. The van der Waals surface area contributed by atoms with Crippen LogP contribution in [-0.4, -0.2) is 3.21 Å². The standard InChI is InChI=1S/C15H13.C13H10.C11H11.Zr/c1-10-3-5-14-12(7-10)9-13-8-11(2)4-6-15(13)14;1-3-7-12(8-4-1)11-13-9-5-2-6-10-13;1-8-3-4-10-6-9(2)7-11(10)5-8;/h3-9H,1-2H3;1-10H;3-7H,1-2H3;/q-1;;-1;+2. The molecular formula is C39H34Zr. The first-order valence-electron chi connectivity index (χ1n) is 13.8. The van der Waals surface area contributed by atoms with E-state index in [0.29, 0.717) is 0 Å². The van der Waals surface area contributed by atoms with Crippen LogP contribution in [0.1, 0.15) is 33.4 Å². The van der Waals surface area contributed by atoms with Crippen LogP contribution >= 0.6 is 0 Å². The van der Waals surface area contributed by atoms with Crippen molar-refractivity contribution in [2.45, 2.75) is 27.7 Å². The number of rotatable bonds is 2. The molecule has 1 heteroatoms. The van der Waals surface area contributed by atoms with Crippen molar-refractivity contribution in [3.05, 3.63) is 167 Å². The van der Waals surface area contributed by atoms with Gasteiger partial charge in [-0.05, 0) is 20.8 Å². The van der Waals surface area contributed by atoms with Crippen LogP contribution in [0.15, 0.2) is 133 Å². The summed E-state index contributed by atoms with van der Waals surface area (Å²) in [5, 5.41) is 8.17. The van der Waals surface area contributed by atoms with Crippen LogP contribution in [-0.2, 0) is 24.2 Å². The zero-order valence-corrected chi connectivity index (χ0v) is 26.2. The fourth-order valence-electron chi connectivity index (χ4n) is 5.12. The predicted molar refractivity (Wildman–Crippen MR) is 172 cm³/mol. The van der Waals surface area contributed by atoms with Crippen molar-refractivity contribution in [1.82, 2.24) is 0 Å². The monoisotopic (exact) mass is 592 g/mol. The van der Waals surface area contributed by atoms with Gasteiger partial charge in [0.25, 0.3) is 0 Å². The molecule has 0 aliphatic rings. The van der Waals surface area contributed by atoms with Gasteiger partial charge in [0.1, 0.15) is 0 Å². The SMILES string of the molecule is Cc1ccc2[cH-]c(C)cc2c1.Cc1ccc2c(c1)[cH-]c1cc(C)ccc12.[Zr+2]=[C](c1ccccc1)c1ccccc1. The summed E-state index contributed by atoms with van der Waals surface area (Å²) in [5.41, 5.74) is 8.01. The van der Waals surface area contributed by atoms with E-state index in [9.17, 15) is 0 Å². The molecule has 7 rings (SSSR count). The molecule has 0 radical (unpaired) electrons. The molecule has 0 heterocycles. The molecule has 0 spiro atoms. The zero-order valence-electron chi connectivity index (χ0n) is 23.7. The molecule has 0 N–H and O–H groups in total. The van der Waals surface area contributed by atoms with Crippen molar-refractivity contribution in [3.63, 3.8) is 0 Å². The van der Waals surface area contributed by atoms with E-state index in [1.807, 2.05) is 0 Å². The topological polar surface area (TPSA) is 0 Å². The van der Waals surface area contributed by atoms with Crippen molar-refractivity contribution in [2.24, 2.45) is 0 Å². The average molecular weight is 594 g/mol. The number of benzene rings is 5. The summed E-state index contributed by atoms with van der Waals surface area (Å²) < 4.78 is 1.42. The number of hydrogen-bond acceptors (Lipinski definition) is 0. The van der Waals surface area contributed by atoms with Gasteiger partial charge in [-0.15, -0.1) is 80.3 Å². The minimum atomic E-state index is 1.33. The summed E-state index contributed by atoms with van der Waals surface area (Å²) in [6.45, 7) is 8.54. The Morgan fingerprint density at radius 2 is 0.950 bits per heavy atom. The Labute approximate surface area is 253 Å². The molecule has 0 amide bonds. The molecule has 0 atom stereocenters. The molecule has 0 bridgehead atoms. The third-order valence-corrected chi connectivity index (χ3v) is 8.57. The summed E-state index contributed by atoms with van der Waals surface area (Å²) in [5.74, 6) is 0. The second kappa shape index (κ2) is 12.7.